The number of fused-ring (bicyclic) bond motifs is 1. The summed E-state index contributed by atoms with van der Waals surface area (Å²) in [6.45, 7) is 2.72. The Hall–Kier alpha value is -3.49. The van der Waals surface area contributed by atoms with Gasteiger partial charge in [0.1, 0.15) is 10.7 Å². The molecule has 3 aromatic carbocycles. The number of para-hydroxylation sites is 2. The van der Waals surface area contributed by atoms with Crippen molar-refractivity contribution < 1.29 is 8.42 Å². The molecule has 0 bridgehead atoms. The zero-order chi connectivity index (χ0) is 22.1. The molecule has 0 unspecified atom stereocenters. The number of hydrogen-bond donors (Lipinski definition) is 1. The second-order valence-electron chi connectivity index (χ2n) is 7.74. The first-order chi connectivity index (χ1) is 15.5. The second-order valence-corrected chi connectivity index (χ2v) is 9.27. The van der Waals surface area contributed by atoms with Gasteiger partial charge < -0.3 is 9.80 Å². The fourth-order valence-electron chi connectivity index (χ4n) is 4.14. The number of piperazine rings is 1. The maximum atomic E-state index is 12.0. The van der Waals surface area contributed by atoms with Gasteiger partial charge in [-0.1, -0.05) is 54.6 Å². The van der Waals surface area contributed by atoms with Crippen molar-refractivity contribution in [3.8, 4) is 11.4 Å². The van der Waals surface area contributed by atoms with Crippen molar-refractivity contribution in [1.29, 1.82) is 0 Å². The van der Waals surface area contributed by atoms with Crippen LogP contribution in [0.2, 0.25) is 0 Å². The van der Waals surface area contributed by atoms with Crippen LogP contribution in [-0.4, -0.2) is 44.6 Å². The molecule has 0 amide bonds. The average molecular weight is 446 g/mol. The van der Waals surface area contributed by atoms with Crippen molar-refractivity contribution in [3.63, 3.8) is 0 Å². The lowest BCUT2D eigenvalue weighted by Gasteiger charge is -2.37. The predicted molar refractivity (Wildman–Crippen MR) is 127 cm³/mol. The highest BCUT2D eigenvalue weighted by Gasteiger charge is 2.24. The summed E-state index contributed by atoms with van der Waals surface area (Å²) >= 11 is 0. The van der Waals surface area contributed by atoms with Crippen LogP contribution >= 0.6 is 0 Å². The number of hydrogen-bond acceptors (Lipinski definition) is 6. The molecule has 5 rings (SSSR count). The molecule has 1 aromatic heterocycles. The fourth-order valence-corrected chi connectivity index (χ4v) is 4.89. The Morgan fingerprint density at radius 2 is 1.34 bits per heavy atom. The zero-order valence-electron chi connectivity index (χ0n) is 17.4. The quantitative estimate of drug-likeness (QED) is 0.518. The Labute approximate surface area is 187 Å². The molecule has 8 heteroatoms. The van der Waals surface area contributed by atoms with Crippen LogP contribution in [-0.2, 0) is 10.0 Å². The number of anilines is 2. The second kappa shape index (κ2) is 8.22. The van der Waals surface area contributed by atoms with Crippen LogP contribution in [0.15, 0.2) is 83.8 Å². The fraction of sp³-hybridized carbons (Fsp3) is 0.167. The highest BCUT2D eigenvalue weighted by Crippen LogP contribution is 2.30. The molecular formula is C24H23N5O2S. The first-order valence-corrected chi connectivity index (χ1v) is 12.0. The standard InChI is InChI=1S/C24H23N5O2S/c25-32(30,31)22-13-7-6-12-21(22)28-14-16-29(17-15-28)24-19-10-4-5-11-20(19)26-23(27-24)18-8-2-1-3-9-18/h1-13H,14-17H2,(H2,25,30,31). The summed E-state index contributed by atoms with van der Waals surface area (Å²) in [4.78, 5) is 14.2. The lowest BCUT2D eigenvalue weighted by Crippen LogP contribution is -2.47. The molecule has 0 radical (unpaired) electrons. The van der Waals surface area contributed by atoms with Crippen LogP contribution in [0.1, 0.15) is 0 Å². The van der Waals surface area contributed by atoms with Crippen LogP contribution in [0.4, 0.5) is 11.5 Å². The van der Waals surface area contributed by atoms with E-state index in [0.29, 0.717) is 37.7 Å². The molecule has 2 heterocycles. The van der Waals surface area contributed by atoms with Gasteiger partial charge in [-0.25, -0.2) is 23.5 Å². The highest BCUT2D eigenvalue weighted by atomic mass is 32.2. The number of benzene rings is 3. The van der Waals surface area contributed by atoms with E-state index in [1.165, 1.54) is 0 Å². The van der Waals surface area contributed by atoms with E-state index in [9.17, 15) is 8.42 Å². The Morgan fingerprint density at radius 1 is 0.719 bits per heavy atom. The van der Waals surface area contributed by atoms with Gasteiger partial charge in [0.25, 0.3) is 0 Å². The Kier molecular flexibility index (Phi) is 5.24. The molecule has 0 saturated carbocycles. The van der Waals surface area contributed by atoms with Crippen molar-refractivity contribution >= 4 is 32.4 Å². The van der Waals surface area contributed by atoms with Crippen molar-refractivity contribution in [2.45, 2.75) is 4.90 Å². The largest absolute Gasteiger partial charge is 0.367 e. The number of nitrogens with zero attached hydrogens (tertiary/aromatic N) is 4. The molecule has 1 fully saturated rings. The molecule has 0 atom stereocenters. The van der Waals surface area contributed by atoms with Crippen LogP contribution in [0.3, 0.4) is 0 Å². The molecule has 1 aliphatic rings. The lowest BCUT2D eigenvalue weighted by atomic mass is 10.1. The van der Waals surface area contributed by atoms with Crippen molar-refractivity contribution in [1.82, 2.24) is 9.97 Å². The Morgan fingerprint density at radius 3 is 2.09 bits per heavy atom. The number of sulfonamides is 1. The average Bonchev–Trinajstić information content (AvgIpc) is 2.83. The third-order valence-electron chi connectivity index (χ3n) is 5.71. The summed E-state index contributed by atoms with van der Waals surface area (Å²) in [6.07, 6.45) is 0. The number of primary sulfonamides is 1. The minimum absolute atomic E-state index is 0.160. The van der Waals surface area contributed by atoms with Crippen LogP contribution < -0.4 is 14.9 Å². The molecule has 162 valence electrons. The molecule has 1 aliphatic heterocycles. The van der Waals surface area contributed by atoms with E-state index in [2.05, 4.69) is 9.80 Å². The molecule has 2 N–H and O–H groups in total. The summed E-state index contributed by atoms with van der Waals surface area (Å²) in [6, 6.07) is 24.9. The summed E-state index contributed by atoms with van der Waals surface area (Å²) in [7, 11) is -3.79. The van der Waals surface area contributed by atoms with Crippen molar-refractivity contribution in [3.05, 3.63) is 78.9 Å². The Bertz CT molecular complexity index is 1370. The molecular weight excluding hydrogens is 422 g/mol. The third-order valence-corrected chi connectivity index (χ3v) is 6.67. The van der Waals surface area contributed by atoms with E-state index in [1.54, 1.807) is 12.1 Å². The first-order valence-electron chi connectivity index (χ1n) is 10.4. The van der Waals surface area contributed by atoms with Gasteiger partial charge in [0, 0.05) is 37.1 Å². The van der Waals surface area contributed by atoms with Gasteiger partial charge in [-0.05, 0) is 24.3 Å². The number of rotatable bonds is 4. The maximum Gasteiger partial charge on any atom is 0.240 e. The van der Waals surface area contributed by atoms with E-state index in [1.807, 2.05) is 66.7 Å². The first kappa shape index (κ1) is 20.4. The van der Waals surface area contributed by atoms with E-state index in [0.717, 1.165) is 22.3 Å². The van der Waals surface area contributed by atoms with E-state index < -0.39 is 10.0 Å². The summed E-state index contributed by atoms with van der Waals surface area (Å²) in [5.41, 5.74) is 2.52. The summed E-state index contributed by atoms with van der Waals surface area (Å²) in [5, 5.41) is 6.44. The van der Waals surface area contributed by atoms with E-state index in [4.69, 9.17) is 15.1 Å². The topological polar surface area (TPSA) is 92.4 Å². The smallest absolute Gasteiger partial charge is 0.240 e. The van der Waals surface area contributed by atoms with Gasteiger partial charge in [0.15, 0.2) is 5.82 Å². The van der Waals surface area contributed by atoms with Gasteiger partial charge in [-0.15, -0.1) is 0 Å². The predicted octanol–water partition coefficient (Wildman–Crippen LogP) is 3.27. The monoisotopic (exact) mass is 445 g/mol. The summed E-state index contributed by atoms with van der Waals surface area (Å²) < 4.78 is 24.0. The zero-order valence-corrected chi connectivity index (χ0v) is 18.2. The van der Waals surface area contributed by atoms with E-state index >= 15 is 0 Å². The lowest BCUT2D eigenvalue weighted by molar-refractivity contribution is 0.595. The molecule has 7 nitrogen and oxygen atoms in total. The normalized spacial score (nSPS) is 14.7. The maximum absolute atomic E-state index is 12.0. The minimum atomic E-state index is -3.79. The molecule has 1 saturated heterocycles. The number of nitrogens with two attached hydrogens (primary N) is 1. The van der Waals surface area contributed by atoms with Gasteiger partial charge in [-0.2, -0.15) is 0 Å². The van der Waals surface area contributed by atoms with Gasteiger partial charge in [0.05, 0.1) is 11.2 Å². The van der Waals surface area contributed by atoms with Gasteiger partial charge >= 0.3 is 0 Å². The van der Waals surface area contributed by atoms with Gasteiger partial charge in [-0.3, -0.25) is 0 Å². The minimum Gasteiger partial charge on any atom is -0.367 e. The highest BCUT2D eigenvalue weighted by molar-refractivity contribution is 7.89. The summed E-state index contributed by atoms with van der Waals surface area (Å²) in [5.74, 6) is 1.59. The van der Waals surface area contributed by atoms with Crippen molar-refractivity contribution in [2.24, 2.45) is 5.14 Å². The molecule has 0 spiro atoms. The van der Waals surface area contributed by atoms with Crippen LogP contribution in [0.5, 0.6) is 0 Å². The Balaban J connectivity index is 1.47. The van der Waals surface area contributed by atoms with Gasteiger partial charge in [0.2, 0.25) is 10.0 Å². The molecule has 0 aliphatic carbocycles. The third kappa shape index (κ3) is 3.90. The van der Waals surface area contributed by atoms with E-state index in [-0.39, 0.29) is 4.90 Å². The van der Waals surface area contributed by atoms with Crippen molar-refractivity contribution in [2.75, 3.05) is 36.0 Å². The molecule has 32 heavy (non-hydrogen) atoms. The van der Waals surface area contributed by atoms with Crippen LogP contribution in [0, 0.1) is 0 Å². The molecule has 4 aromatic rings. The number of aromatic nitrogens is 2. The van der Waals surface area contributed by atoms with Crippen LogP contribution in [0.25, 0.3) is 22.3 Å². The SMILES string of the molecule is NS(=O)(=O)c1ccccc1N1CCN(c2nc(-c3ccccc3)nc3ccccc23)CC1.